The van der Waals surface area contributed by atoms with E-state index in [-0.39, 0.29) is 18.6 Å². The van der Waals surface area contributed by atoms with Crippen molar-refractivity contribution >= 4 is 31.9 Å². The summed E-state index contributed by atoms with van der Waals surface area (Å²) in [5.41, 5.74) is -3.58. The smallest absolute Gasteiger partial charge is 0.279 e. The molecule has 5 nitrogen and oxygen atoms in total. The van der Waals surface area contributed by atoms with Crippen molar-refractivity contribution in [1.82, 2.24) is 9.97 Å². The Labute approximate surface area is 204 Å². The number of nitrogens with zero attached hydrogens (tertiary/aromatic N) is 2. The Kier molecular flexibility index (Phi) is 12.9. The van der Waals surface area contributed by atoms with Crippen LogP contribution in [0.15, 0.2) is 48.8 Å². The van der Waals surface area contributed by atoms with Crippen molar-refractivity contribution in [2.45, 2.75) is 5.51 Å². The molecule has 1 N–H and O–H groups in total. The molecular weight excluding hydrogens is 492 g/mol. The average Bonchev–Trinajstić information content (AvgIpc) is 3.52. The normalized spacial score (nSPS) is 15.3. The molecule has 1 aromatic carbocycles. The van der Waals surface area contributed by atoms with Gasteiger partial charge in [-0.2, -0.15) is 21.6 Å². The zero-order chi connectivity index (χ0) is 23.5. The van der Waals surface area contributed by atoms with Gasteiger partial charge in [0.1, 0.15) is 0 Å². The molecule has 2 aromatic heterocycles. The summed E-state index contributed by atoms with van der Waals surface area (Å²) in [5, 5.41) is 2.28. The van der Waals surface area contributed by atoms with Gasteiger partial charge in [0.05, 0.1) is 11.0 Å². The summed E-state index contributed by atoms with van der Waals surface area (Å²) in [6.45, 7) is 0. The number of hydrogen-bond donors (Lipinski definition) is 1. The molecule has 0 bridgehead atoms. The van der Waals surface area contributed by atoms with E-state index in [1.54, 1.807) is 12.4 Å². The van der Waals surface area contributed by atoms with Crippen LogP contribution in [-0.4, -0.2) is 28.4 Å². The summed E-state index contributed by atoms with van der Waals surface area (Å²) < 4.78 is 57.5. The molecule has 5 rings (SSSR count). The Morgan fingerprint density at radius 2 is 0.909 bits per heavy atom. The first kappa shape index (κ1) is 29.4. The molecule has 3 aromatic rings. The minimum Gasteiger partial charge on any atom is -0.279 e. The van der Waals surface area contributed by atoms with Gasteiger partial charge in [0.15, 0.2) is 0 Å². The Morgan fingerprint density at radius 3 is 1.15 bits per heavy atom. The number of hydrogen-bond acceptors (Lipinski definition) is 4. The van der Waals surface area contributed by atoms with Gasteiger partial charge in [-0.1, -0.05) is 24.3 Å². The van der Waals surface area contributed by atoms with Crippen molar-refractivity contribution in [2.24, 2.45) is 0 Å². The molecule has 0 saturated heterocycles. The van der Waals surface area contributed by atoms with Gasteiger partial charge in [-0.15, -0.1) is 0 Å². The van der Waals surface area contributed by atoms with Crippen LogP contribution < -0.4 is 0 Å². The number of aromatic nitrogens is 2. The molecule has 2 saturated carbocycles. The number of rotatable bonds is 0. The molecule has 0 aliphatic heterocycles. The van der Waals surface area contributed by atoms with Gasteiger partial charge in [0.25, 0.3) is 0 Å². The third kappa shape index (κ3) is 10.4. The molecule has 2 aliphatic carbocycles. The fourth-order valence-corrected chi connectivity index (χ4v) is 2.32. The number of alkyl halides is 3. The van der Waals surface area contributed by atoms with E-state index in [0.29, 0.717) is 0 Å². The van der Waals surface area contributed by atoms with Crippen molar-refractivity contribution in [3.05, 3.63) is 113 Å². The van der Waals surface area contributed by atoms with E-state index in [9.17, 15) is 13.2 Å². The summed E-state index contributed by atoms with van der Waals surface area (Å²) in [7, 11) is -5.84. The first-order chi connectivity index (χ1) is 15.2. The van der Waals surface area contributed by atoms with Crippen molar-refractivity contribution < 1.29 is 44.7 Å². The van der Waals surface area contributed by atoms with E-state index in [4.69, 9.17) is 13.0 Å². The van der Waals surface area contributed by atoms with Crippen LogP contribution in [0.1, 0.15) is 0 Å². The maximum atomic E-state index is 10.7. The molecule has 2 fully saturated rings. The van der Waals surface area contributed by atoms with E-state index in [1.807, 2.05) is 76.3 Å². The Bertz CT molecular complexity index is 991. The van der Waals surface area contributed by atoms with E-state index >= 15 is 0 Å². The van der Waals surface area contributed by atoms with E-state index in [1.165, 1.54) is 0 Å². The molecule has 167 valence electrons. The summed E-state index contributed by atoms with van der Waals surface area (Å²) in [5.74, 6) is 0. The van der Waals surface area contributed by atoms with Gasteiger partial charge in [0.2, 0.25) is 0 Å². The molecule has 10 heteroatoms. The van der Waals surface area contributed by atoms with E-state index in [2.05, 4.69) is 34.2 Å². The largest absolute Gasteiger partial charge is 4.00 e. The van der Waals surface area contributed by atoms with Gasteiger partial charge in [-0.05, 0) is 76.3 Å². The Balaban J connectivity index is 0.000000244. The fraction of sp³-hybridized carbons (Fsp3) is 0.0435. The number of fused-ring (bicyclic) bond motifs is 3. The second-order valence-electron chi connectivity index (χ2n) is 6.06. The second kappa shape index (κ2) is 14.6. The average molecular weight is 511 g/mol. The predicted molar refractivity (Wildman–Crippen MR) is 118 cm³/mol. The molecule has 33 heavy (non-hydrogen) atoms. The minimum atomic E-state index is -5.84. The summed E-state index contributed by atoms with van der Waals surface area (Å²) in [6, 6.07) is 12.1. The standard InChI is InChI=1S/C12H8N2.2C5H5.CHF3O3S.V/c1-3-9-5-6-10-4-2-8-14-12(10)11(9)13-7-1;2*1-2-4-5-3-1;2-1(3,4)8(5,6)7;/h1-8H;2*1-5H;(H,5,6,7);/q;;;;+4. The van der Waals surface area contributed by atoms with Crippen LogP contribution in [-0.2, 0) is 28.7 Å². The maximum absolute atomic E-state index is 10.7. The van der Waals surface area contributed by atoms with Crippen molar-refractivity contribution in [3.8, 4) is 0 Å². The zero-order valence-corrected chi connectivity index (χ0v) is 19.3. The first-order valence-corrected chi connectivity index (χ1v) is 10.6. The molecule has 0 atom stereocenters. The van der Waals surface area contributed by atoms with Crippen LogP contribution >= 0.6 is 0 Å². The van der Waals surface area contributed by atoms with Crippen LogP contribution in [0.5, 0.6) is 0 Å². The first-order valence-electron chi connectivity index (χ1n) is 9.16. The summed E-state index contributed by atoms with van der Waals surface area (Å²) >= 11 is 0. The Morgan fingerprint density at radius 1 is 0.636 bits per heavy atom. The Hall–Kier alpha value is -1.68. The third-order valence-electron chi connectivity index (χ3n) is 3.75. The van der Waals surface area contributed by atoms with Crippen molar-refractivity contribution in [3.63, 3.8) is 0 Å². The monoisotopic (exact) mass is 511 g/mol. The van der Waals surface area contributed by atoms with E-state index in [0.717, 1.165) is 21.8 Å². The summed E-state index contributed by atoms with van der Waals surface area (Å²) in [6.07, 6.45) is 23.6. The van der Waals surface area contributed by atoms with Crippen molar-refractivity contribution in [1.29, 1.82) is 0 Å². The quantitative estimate of drug-likeness (QED) is 0.255. The van der Waals surface area contributed by atoms with Crippen LogP contribution in [0.2, 0.25) is 0 Å². The molecule has 2 heterocycles. The number of benzene rings is 1. The van der Waals surface area contributed by atoms with Crippen molar-refractivity contribution in [2.75, 3.05) is 0 Å². The summed E-state index contributed by atoms with van der Waals surface area (Å²) in [4.78, 5) is 8.69. The third-order valence-corrected chi connectivity index (χ3v) is 4.33. The number of halogens is 3. The molecule has 11 radical (unpaired) electrons. The van der Waals surface area contributed by atoms with E-state index < -0.39 is 15.6 Å². The van der Waals surface area contributed by atoms with Gasteiger partial charge in [0, 0.05) is 23.2 Å². The number of pyridine rings is 2. The topological polar surface area (TPSA) is 80.2 Å². The van der Waals surface area contributed by atoms with Gasteiger partial charge in [-0.25, -0.2) is 0 Å². The predicted octanol–water partition coefficient (Wildman–Crippen LogP) is 5.22. The van der Waals surface area contributed by atoms with Gasteiger partial charge < -0.3 is 0 Å². The second-order valence-corrected chi connectivity index (χ2v) is 7.47. The molecular formula is C23H19F3N2O3SV+4. The van der Waals surface area contributed by atoms with Crippen LogP contribution in [0.4, 0.5) is 13.2 Å². The SMILES string of the molecule is O=S(=O)(O)C(F)(F)F.[CH]1[CH][CH][CH][CH]1.[CH]1[CH][CH][CH][CH]1.[V+4].c1cnc2c(c1)ccc1cccnc12. The molecule has 0 spiro atoms. The molecule has 2 aliphatic rings. The molecule has 0 unspecified atom stereocenters. The maximum Gasteiger partial charge on any atom is 4.00 e. The minimum absolute atomic E-state index is 0. The van der Waals surface area contributed by atoms with Gasteiger partial charge in [-0.3, -0.25) is 14.5 Å². The fourth-order valence-electron chi connectivity index (χ4n) is 2.32. The zero-order valence-electron chi connectivity index (χ0n) is 17.0. The van der Waals surface area contributed by atoms with Crippen LogP contribution in [0, 0.1) is 64.2 Å². The molecule has 0 amide bonds. The van der Waals surface area contributed by atoms with Gasteiger partial charge >= 0.3 is 34.2 Å². The van der Waals surface area contributed by atoms with Crippen LogP contribution in [0.3, 0.4) is 0 Å². The van der Waals surface area contributed by atoms with Crippen LogP contribution in [0.25, 0.3) is 21.8 Å².